The lowest BCUT2D eigenvalue weighted by Crippen LogP contribution is -2.50. The standard InChI is InChI=1S/C15H23N5O2/c1-10-16-14(19(2)3)18-15(17-10)20(4)9-8-11-6-5-7-12(21)13(11)22/h5-7,10,21-22H,8-9H2,1-4H3,(H,16,17,18). The van der Waals surface area contributed by atoms with Gasteiger partial charge in [-0.05, 0) is 25.0 Å². The molecule has 1 atom stereocenters. The van der Waals surface area contributed by atoms with Crippen molar-refractivity contribution in [3.63, 3.8) is 0 Å². The van der Waals surface area contributed by atoms with Gasteiger partial charge in [-0.1, -0.05) is 12.1 Å². The number of aromatic hydroxyl groups is 2. The van der Waals surface area contributed by atoms with E-state index in [0.29, 0.717) is 18.5 Å². The number of hydrogen-bond donors (Lipinski definition) is 3. The number of benzene rings is 1. The van der Waals surface area contributed by atoms with Crippen molar-refractivity contribution in [3.05, 3.63) is 23.8 Å². The first kappa shape index (κ1) is 15.9. The molecule has 0 fully saturated rings. The van der Waals surface area contributed by atoms with Gasteiger partial charge in [0, 0.05) is 27.7 Å². The molecule has 0 amide bonds. The molecule has 0 saturated carbocycles. The van der Waals surface area contributed by atoms with Gasteiger partial charge in [0.25, 0.3) is 0 Å². The Morgan fingerprint density at radius 3 is 2.50 bits per heavy atom. The van der Waals surface area contributed by atoms with E-state index in [1.807, 2.05) is 37.9 Å². The van der Waals surface area contributed by atoms with Gasteiger partial charge in [-0.2, -0.15) is 0 Å². The second kappa shape index (κ2) is 6.55. The third kappa shape index (κ3) is 3.60. The molecular weight excluding hydrogens is 282 g/mol. The second-order valence-electron chi connectivity index (χ2n) is 5.51. The highest BCUT2D eigenvalue weighted by atomic mass is 16.3. The van der Waals surface area contributed by atoms with Crippen LogP contribution in [0.1, 0.15) is 12.5 Å². The zero-order chi connectivity index (χ0) is 16.3. The van der Waals surface area contributed by atoms with Crippen LogP contribution in [0, 0.1) is 0 Å². The Bertz CT molecular complexity index is 598. The number of aliphatic imine (C=N–C) groups is 2. The van der Waals surface area contributed by atoms with Crippen molar-refractivity contribution in [2.24, 2.45) is 9.98 Å². The first-order valence-electron chi connectivity index (χ1n) is 7.19. The van der Waals surface area contributed by atoms with Gasteiger partial charge in [0.1, 0.15) is 6.17 Å². The van der Waals surface area contributed by atoms with Crippen LogP contribution in [0.3, 0.4) is 0 Å². The summed E-state index contributed by atoms with van der Waals surface area (Å²) in [6, 6.07) is 4.99. The van der Waals surface area contributed by atoms with Crippen molar-refractivity contribution < 1.29 is 10.2 Å². The summed E-state index contributed by atoms with van der Waals surface area (Å²) in [7, 11) is 5.77. The molecule has 1 aliphatic heterocycles. The maximum Gasteiger partial charge on any atom is 0.202 e. The largest absolute Gasteiger partial charge is 0.504 e. The van der Waals surface area contributed by atoms with Crippen molar-refractivity contribution in [2.45, 2.75) is 19.5 Å². The minimum atomic E-state index is -0.134. The Hall–Kier alpha value is -2.44. The Balaban J connectivity index is 2.01. The summed E-state index contributed by atoms with van der Waals surface area (Å²) in [4.78, 5) is 12.7. The van der Waals surface area contributed by atoms with E-state index >= 15 is 0 Å². The van der Waals surface area contributed by atoms with E-state index < -0.39 is 0 Å². The van der Waals surface area contributed by atoms with Crippen LogP contribution in [0.15, 0.2) is 28.2 Å². The van der Waals surface area contributed by atoms with Gasteiger partial charge in [-0.15, -0.1) is 0 Å². The molecule has 0 aliphatic carbocycles. The minimum Gasteiger partial charge on any atom is -0.504 e. The molecule has 0 bridgehead atoms. The summed E-state index contributed by atoms with van der Waals surface area (Å²) in [6.07, 6.45) is 0.463. The maximum absolute atomic E-state index is 9.84. The van der Waals surface area contributed by atoms with E-state index in [2.05, 4.69) is 15.3 Å². The molecule has 0 saturated heterocycles. The molecule has 1 heterocycles. The number of hydrogen-bond acceptors (Lipinski definition) is 7. The molecule has 22 heavy (non-hydrogen) atoms. The van der Waals surface area contributed by atoms with Crippen LogP contribution in [0.25, 0.3) is 0 Å². The van der Waals surface area contributed by atoms with E-state index in [4.69, 9.17) is 0 Å². The highest BCUT2D eigenvalue weighted by Gasteiger charge is 2.18. The zero-order valence-corrected chi connectivity index (χ0v) is 13.4. The van der Waals surface area contributed by atoms with Crippen LogP contribution in [0.4, 0.5) is 0 Å². The first-order chi connectivity index (χ1) is 10.4. The molecule has 120 valence electrons. The predicted molar refractivity (Wildman–Crippen MR) is 87.3 cm³/mol. The molecule has 7 nitrogen and oxygen atoms in total. The predicted octanol–water partition coefficient (Wildman–Crippen LogP) is 0.795. The Morgan fingerprint density at radius 2 is 1.82 bits per heavy atom. The molecule has 1 aromatic carbocycles. The van der Waals surface area contributed by atoms with Crippen molar-refractivity contribution in [1.82, 2.24) is 15.1 Å². The molecule has 0 aromatic heterocycles. The van der Waals surface area contributed by atoms with Crippen LogP contribution < -0.4 is 5.32 Å². The lowest BCUT2D eigenvalue weighted by atomic mass is 10.1. The van der Waals surface area contributed by atoms with Gasteiger partial charge < -0.3 is 20.0 Å². The molecule has 7 heteroatoms. The summed E-state index contributed by atoms with van der Waals surface area (Å²) in [5.74, 6) is 1.36. The number of likely N-dealkylation sites (N-methyl/N-ethyl adjacent to an activating group) is 1. The Kier molecular flexibility index (Phi) is 4.75. The van der Waals surface area contributed by atoms with E-state index in [9.17, 15) is 10.2 Å². The summed E-state index contributed by atoms with van der Waals surface area (Å²) in [5.41, 5.74) is 0.706. The van der Waals surface area contributed by atoms with Crippen LogP contribution in [-0.4, -0.2) is 65.8 Å². The number of nitrogens with one attached hydrogen (secondary N) is 1. The Morgan fingerprint density at radius 1 is 1.14 bits per heavy atom. The van der Waals surface area contributed by atoms with Gasteiger partial charge in [0.15, 0.2) is 11.5 Å². The third-order valence-corrected chi connectivity index (χ3v) is 3.44. The molecule has 3 N–H and O–H groups in total. The monoisotopic (exact) mass is 305 g/mol. The topological polar surface area (TPSA) is 83.7 Å². The number of phenolic OH excluding ortho intramolecular Hbond substituents is 2. The summed E-state index contributed by atoms with van der Waals surface area (Å²) in [5, 5.41) is 22.5. The summed E-state index contributed by atoms with van der Waals surface area (Å²) in [6.45, 7) is 2.58. The lowest BCUT2D eigenvalue weighted by Gasteiger charge is -2.29. The normalized spacial score (nSPS) is 17.4. The lowest BCUT2D eigenvalue weighted by molar-refractivity contribution is 0.396. The number of guanidine groups is 2. The number of rotatable bonds is 3. The van der Waals surface area contributed by atoms with Crippen molar-refractivity contribution in [3.8, 4) is 11.5 Å². The highest BCUT2D eigenvalue weighted by molar-refractivity contribution is 5.99. The van der Waals surface area contributed by atoms with Gasteiger partial charge in [0.2, 0.25) is 11.9 Å². The molecule has 0 spiro atoms. The SMILES string of the molecule is CC1N=C(N(C)C)NC(N(C)CCc2cccc(O)c2O)=N1. The molecule has 1 unspecified atom stereocenters. The summed E-state index contributed by atoms with van der Waals surface area (Å²) >= 11 is 0. The van der Waals surface area contributed by atoms with Crippen LogP contribution >= 0.6 is 0 Å². The number of phenols is 2. The van der Waals surface area contributed by atoms with Gasteiger partial charge >= 0.3 is 0 Å². The molecular formula is C15H23N5O2. The van der Waals surface area contributed by atoms with E-state index in [-0.39, 0.29) is 17.7 Å². The fourth-order valence-corrected chi connectivity index (χ4v) is 2.14. The molecule has 2 rings (SSSR count). The fraction of sp³-hybridized carbons (Fsp3) is 0.467. The molecule has 0 radical (unpaired) electrons. The smallest absolute Gasteiger partial charge is 0.202 e. The quantitative estimate of drug-likeness (QED) is 0.719. The summed E-state index contributed by atoms with van der Waals surface area (Å²) < 4.78 is 0. The van der Waals surface area contributed by atoms with Crippen molar-refractivity contribution >= 4 is 11.9 Å². The van der Waals surface area contributed by atoms with Gasteiger partial charge in [-0.25, -0.2) is 9.98 Å². The maximum atomic E-state index is 9.84. The number of nitrogens with zero attached hydrogens (tertiary/aromatic N) is 4. The Labute approximate surface area is 130 Å². The van der Waals surface area contributed by atoms with Gasteiger partial charge in [-0.3, -0.25) is 5.32 Å². The van der Waals surface area contributed by atoms with Gasteiger partial charge in [0.05, 0.1) is 0 Å². The highest BCUT2D eigenvalue weighted by Crippen LogP contribution is 2.28. The van der Waals surface area contributed by atoms with E-state index in [1.54, 1.807) is 12.1 Å². The van der Waals surface area contributed by atoms with Crippen molar-refractivity contribution in [1.29, 1.82) is 0 Å². The molecule has 1 aliphatic rings. The van der Waals surface area contributed by atoms with Crippen molar-refractivity contribution in [2.75, 3.05) is 27.7 Å². The fourth-order valence-electron chi connectivity index (χ4n) is 2.14. The average Bonchev–Trinajstić information content (AvgIpc) is 2.47. The van der Waals surface area contributed by atoms with Crippen LogP contribution in [0.2, 0.25) is 0 Å². The number of para-hydroxylation sites is 1. The van der Waals surface area contributed by atoms with Crippen LogP contribution in [0.5, 0.6) is 11.5 Å². The van der Waals surface area contributed by atoms with Crippen LogP contribution in [-0.2, 0) is 6.42 Å². The van der Waals surface area contributed by atoms with E-state index in [1.165, 1.54) is 6.07 Å². The van der Waals surface area contributed by atoms with E-state index in [0.717, 1.165) is 11.9 Å². The third-order valence-electron chi connectivity index (χ3n) is 3.44. The minimum absolute atomic E-state index is 0.0571. The first-order valence-corrected chi connectivity index (χ1v) is 7.19. The second-order valence-corrected chi connectivity index (χ2v) is 5.51. The average molecular weight is 305 g/mol. The zero-order valence-electron chi connectivity index (χ0n) is 13.4. The molecule has 1 aromatic rings.